The molecule has 0 bridgehead atoms. The number of aromatic nitrogens is 3. The fourth-order valence-corrected chi connectivity index (χ4v) is 8.40. The van der Waals surface area contributed by atoms with Crippen LogP contribution in [0.4, 0.5) is 0 Å². The minimum atomic E-state index is -2.14. The number of aryl methyl sites for hydroxylation is 1. The Morgan fingerprint density at radius 1 is 0.692 bits per heavy atom. The molecule has 3 aromatic heterocycles. The van der Waals surface area contributed by atoms with Gasteiger partial charge in [0.15, 0.2) is 0 Å². The van der Waals surface area contributed by atoms with Crippen LogP contribution >= 0.6 is 0 Å². The van der Waals surface area contributed by atoms with Gasteiger partial charge < -0.3 is 14.0 Å². The number of imidazole rings is 1. The van der Waals surface area contributed by atoms with Crippen molar-refractivity contribution in [3.05, 3.63) is 198 Å². The number of benzene rings is 7. The third-order valence-electron chi connectivity index (χ3n) is 11.4. The fourth-order valence-electron chi connectivity index (χ4n) is 8.40. The summed E-state index contributed by atoms with van der Waals surface area (Å²) in [5, 5.41) is 2.15. The number of rotatable bonds is 8. The van der Waals surface area contributed by atoms with Gasteiger partial charge in [0.05, 0.1) is 22.4 Å². The van der Waals surface area contributed by atoms with Gasteiger partial charge in [-0.25, -0.2) is 0 Å². The molecule has 65 heavy (non-hydrogen) atoms. The van der Waals surface area contributed by atoms with Gasteiger partial charge in [-0.2, -0.15) is 0 Å². The second-order valence-corrected chi connectivity index (χ2v) is 18.0. The summed E-state index contributed by atoms with van der Waals surface area (Å²) in [7, 11) is 0. The number of hydrogen-bond acceptors (Lipinski definition) is 3. The Bertz CT molecular complexity index is 3400. The normalized spacial score (nSPS) is 13.2. The summed E-state index contributed by atoms with van der Waals surface area (Å²) in [6, 6.07) is 59.5. The van der Waals surface area contributed by atoms with Crippen LogP contribution in [0, 0.1) is 24.4 Å². The third kappa shape index (κ3) is 9.55. The first kappa shape index (κ1) is 39.0. The summed E-state index contributed by atoms with van der Waals surface area (Å²) >= 11 is 0. The zero-order chi connectivity index (χ0) is 48.8. The summed E-state index contributed by atoms with van der Waals surface area (Å²) in [6.07, 6.45) is 0.0411. The summed E-state index contributed by atoms with van der Waals surface area (Å²) in [5.74, 6) is 1.41. The average molecular weight is 1030 g/mol. The Morgan fingerprint density at radius 3 is 1.98 bits per heavy atom. The molecule has 0 aliphatic rings. The van der Waals surface area contributed by atoms with E-state index in [0.29, 0.717) is 16.8 Å². The van der Waals surface area contributed by atoms with Crippen molar-refractivity contribution in [2.24, 2.45) is 5.41 Å². The molecule has 0 amide bonds. The Labute approximate surface area is 404 Å². The average Bonchev–Trinajstić information content (AvgIpc) is 3.92. The van der Waals surface area contributed by atoms with E-state index in [1.165, 1.54) is 45.8 Å². The predicted molar refractivity (Wildman–Crippen MR) is 268 cm³/mol. The van der Waals surface area contributed by atoms with Crippen molar-refractivity contribution in [1.82, 2.24) is 14.5 Å². The molecule has 0 fully saturated rings. The molecule has 0 N–H and O–H groups in total. The van der Waals surface area contributed by atoms with Gasteiger partial charge in [0, 0.05) is 44.2 Å². The van der Waals surface area contributed by atoms with Crippen LogP contribution in [0.15, 0.2) is 168 Å². The third-order valence-corrected chi connectivity index (χ3v) is 11.4. The maximum absolute atomic E-state index is 8.25. The SMILES string of the molecule is CC(C)c1cc(-c2ccccc2)cc(C(C)C)c1-n1c(-c2[c-]ccc3c2oc2cc(-c4ccccc4)ccc23)nc2ccccc21.[2H]C([2H])([2H])c1c[c-]c(-c2ccc(C([2H])([2H])C(C)(C)C)cn2)cc1.[Ir]. The van der Waals surface area contributed by atoms with Crippen molar-refractivity contribution in [2.45, 2.75) is 73.5 Å². The van der Waals surface area contributed by atoms with Crippen molar-refractivity contribution in [3.63, 3.8) is 0 Å². The first-order chi connectivity index (χ1) is 32.9. The van der Waals surface area contributed by atoms with E-state index in [2.05, 4.69) is 165 Å². The monoisotopic (exact) mass is 1030 g/mol. The molecule has 1 radical (unpaired) electrons. The Morgan fingerprint density at radius 2 is 1.37 bits per heavy atom. The van der Waals surface area contributed by atoms with Crippen molar-refractivity contribution < 1.29 is 31.4 Å². The molecule has 0 aliphatic heterocycles. The Kier molecular flexibility index (Phi) is 11.4. The van der Waals surface area contributed by atoms with Crippen LogP contribution in [0.1, 0.15) is 89.4 Å². The molecule has 7 aromatic carbocycles. The minimum absolute atomic E-state index is 0. The zero-order valence-corrected chi connectivity index (χ0v) is 40.2. The molecule has 10 aromatic rings. The second kappa shape index (κ2) is 19.0. The molecule has 0 saturated heterocycles. The van der Waals surface area contributed by atoms with Crippen LogP contribution in [0.3, 0.4) is 0 Å². The van der Waals surface area contributed by atoms with Gasteiger partial charge in [0.2, 0.25) is 0 Å². The molecule has 10 rings (SSSR count). The summed E-state index contributed by atoms with van der Waals surface area (Å²) < 4.78 is 47.7. The fraction of sp³-hybridized carbons (Fsp3) is 0.200. The van der Waals surface area contributed by atoms with E-state index < -0.39 is 18.6 Å². The van der Waals surface area contributed by atoms with Crippen molar-refractivity contribution in [1.29, 1.82) is 0 Å². The molecule has 0 unspecified atom stereocenters. The van der Waals surface area contributed by atoms with Crippen LogP contribution in [0.5, 0.6) is 0 Å². The molecule has 0 spiro atoms. The van der Waals surface area contributed by atoms with Crippen LogP contribution in [-0.4, -0.2) is 14.5 Å². The van der Waals surface area contributed by atoms with Gasteiger partial charge >= 0.3 is 0 Å². The molecule has 5 heteroatoms. The minimum Gasteiger partial charge on any atom is -0.501 e. The molecule has 4 nitrogen and oxygen atoms in total. The van der Waals surface area contributed by atoms with Crippen LogP contribution in [0.25, 0.3) is 83.6 Å². The van der Waals surface area contributed by atoms with Gasteiger partial charge in [-0.05, 0) is 98.6 Å². The second-order valence-electron chi connectivity index (χ2n) is 18.0. The summed E-state index contributed by atoms with van der Waals surface area (Å²) in [4.78, 5) is 9.61. The van der Waals surface area contributed by atoms with Crippen LogP contribution in [-0.2, 0) is 26.5 Å². The van der Waals surface area contributed by atoms with Gasteiger partial charge in [-0.1, -0.05) is 163 Å². The smallest absolute Gasteiger partial charge is 0.121 e. The van der Waals surface area contributed by atoms with E-state index in [-0.39, 0.29) is 37.5 Å². The van der Waals surface area contributed by atoms with E-state index >= 15 is 0 Å². The maximum atomic E-state index is 8.25. The van der Waals surface area contributed by atoms with Crippen LogP contribution < -0.4 is 0 Å². The Balaban J connectivity index is 0.000000233. The Hall–Kier alpha value is -6.39. The number of furan rings is 1. The van der Waals surface area contributed by atoms with E-state index in [1.54, 1.807) is 24.3 Å². The van der Waals surface area contributed by atoms with Crippen LogP contribution in [0.2, 0.25) is 0 Å². The standard InChI is InChI=1S/C43H35N2O.C17H20N.Ir/c1-27(2)36-24-32(30-16-9-6-10-17-30)25-37(28(3)4)41(36)45-39-21-12-11-20-38(39)44-43(45)35-19-13-18-34-33-23-22-31(26-40(33)46-42(34)35)29-14-7-5-8-15-29;1-13-5-8-15(9-6-13)16-10-7-14(12-18-16)11-17(2,3)4;/h5-18,20-28H,1-4H3;5-8,10,12H,11H2,1-4H3;/q2*-1;/i;1D3,11D2;. The molecule has 0 aliphatic carbocycles. The molecule has 327 valence electrons. The van der Waals surface area contributed by atoms with Gasteiger partial charge in [-0.3, -0.25) is 4.98 Å². The maximum Gasteiger partial charge on any atom is 0.121 e. The summed E-state index contributed by atoms with van der Waals surface area (Å²) in [6.45, 7) is 12.5. The quantitative estimate of drug-likeness (QED) is 0.142. The van der Waals surface area contributed by atoms with Crippen molar-refractivity contribution >= 4 is 33.0 Å². The number of hydrogen-bond donors (Lipinski definition) is 0. The van der Waals surface area contributed by atoms with Crippen molar-refractivity contribution in [2.75, 3.05) is 0 Å². The number of pyridine rings is 1. The largest absolute Gasteiger partial charge is 0.501 e. The van der Waals surface area contributed by atoms with Gasteiger partial charge in [0.1, 0.15) is 5.58 Å². The first-order valence-electron chi connectivity index (χ1n) is 24.5. The molecule has 3 heterocycles. The molecular formula is C60H55IrN3O-2. The summed E-state index contributed by atoms with van der Waals surface area (Å²) in [5.41, 5.74) is 14.6. The molecular weight excluding hydrogens is 971 g/mol. The molecule has 0 atom stereocenters. The van der Waals surface area contributed by atoms with Gasteiger partial charge in [-0.15, -0.1) is 53.6 Å². The zero-order valence-electron chi connectivity index (χ0n) is 42.8. The number of fused-ring (bicyclic) bond motifs is 4. The molecule has 0 saturated carbocycles. The first-order valence-corrected chi connectivity index (χ1v) is 22.0. The van der Waals surface area contributed by atoms with E-state index in [0.717, 1.165) is 49.9 Å². The topological polar surface area (TPSA) is 43.9 Å². The van der Waals surface area contributed by atoms with E-state index in [4.69, 9.17) is 16.3 Å². The van der Waals surface area contributed by atoms with Gasteiger partial charge in [0.25, 0.3) is 0 Å². The van der Waals surface area contributed by atoms with Crippen molar-refractivity contribution in [3.8, 4) is 50.6 Å². The van der Waals surface area contributed by atoms with E-state index in [9.17, 15) is 0 Å². The van der Waals surface area contributed by atoms with E-state index in [1.807, 2.05) is 32.9 Å². The number of nitrogens with zero attached hydrogens (tertiary/aromatic N) is 3. The predicted octanol–water partition coefficient (Wildman–Crippen LogP) is 16.4. The number of para-hydroxylation sites is 2.